The first-order chi connectivity index (χ1) is 17.8. The molecular formula is C32H32N2O2. The number of nitrogens with one attached hydrogen (secondary N) is 1. The number of hydrogen-bond donors (Lipinski definition) is 2. The lowest BCUT2D eigenvalue weighted by Gasteiger charge is -2.19. The van der Waals surface area contributed by atoms with Crippen molar-refractivity contribution in [3.05, 3.63) is 97.1 Å². The predicted molar refractivity (Wildman–Crippen MR) is 148 cm³/mol. The molecule has 2 atom stereocenters. The third kappa shape index (κ3) is 4.44. The molecule has 0 bridgehead atoms. The van der Waals surface area contributed by atoms with Crippen molar-refractivity contribution >= 4 is 21.7 Å². The van der Waals surface area contributed by atoms with Gasteiger partial charge in [0.25, 0.3) is 0 Å². The maximum Gasteiger partial charge on any atom is 0.0843 e. The third-order valence-electron chi connectivity index (χ3n) is 7.23. The van der Waals surface area contributed by atoms with Gasteiger partial charge < -0.3 is 19.7 Å². The molecule has 0 spiro atoms. The van der Waals surface area contributed by atoms with Crippen molar-refractivity contribution in [1.82, 2.24) is 9.88 Å². The summed E-state index contributed by atoms with van der Waals surface area (Å²) in [6, 6.07) is 34.2. The smallest absolute Gasteiger partial charge is 0.0843 e. The van der Waals surface area contributed by atoms with E-state index in [-0.39, 0.29) is 6.10 Å². The molecule has 4 aromatic carbocycles. The summed E-state index contributed by atoms with van der Waals surface area (Å²) in [5.41, 5.74) is 5.86. The van der Waals surface area contributed by atoms with Crippen molar-refractivity contribution in [2.75, 3.05) is 19.7 Å². The first-order valence-corrected chi connectivity index (χ1v) is 12.9. The minimum absolute atomic E-state index is 0.262. The molecule has 0 unspecified atom stereocenters. The molecule has 6 rings (SSSR count). The van der Waals surface area contributed by atoms with E-state index in [1.807, 2.05) is 0 Å². The molecule has 1 saturated heterocycles. The van der Waals surface area contributed by atoms with Crippen LogP contribution in [0, 0.1) is 0 Å². The minimum atomic E-state index is -0.535. The Hall–Kier alpha value is -3.44. The van der Waals surface area contributed by atoms with E-state index in [4.69, 9.17) is 4.74 Å². The zero-order valence-electron chi connectivity index (χ0n) is 20.4. The number of aliphatic hydroxyl groups excluding tert-OH is 1. The summed E-state index contributed by atoms with van der Waals surface area (Å²) in [6.45, 7) is 2.66. The lowest BCUT2D eigenvalue weighted by Crippen LogP contribution is -2.35. The lowest BCUT2D eigenvalue weighted by molar-refractivity contribution is 0.101. The van der Waals surface area contributed by atoms with Crippen LogP contribution < -0.4 is 5.32 Å². The van der Waals surface area contributed by atoms with Crippen LogP contribution in [-0.4, -0.2) is 41.6 Å². The van der Waals surface area contributed by atoms with Crippen molar-refractivity contribution in [1.29, 1.82) is 0 Å². The lowest BCUT2D eigenvalue weighted by atomic mass is 9.97. The van der Waals surface area contributed by atoms with Crippen molar-refractivity contribution in [2.45, 2.75) is 31.6 Å². The average Bonchev–Trinajstić information content (AvgIpc) is 3.56. The van der Waals surface area contributed by atoms with Crippen molar-refractivity contribution < 1.29 is 9.84 Å². The highest BCUT2D eigenvalue weighted by Crippen LogP contribution is 2.43. The van der Waals surface area contributed by atoms with Crippen molar-refractivity contribution in [3.8, 4) is 22.4 Å². The number of nitrogens with zero attached hydrogens (tertiary/aromatic N) is 1. The Morgan fingerprint density at radius 1 is 0.833 bits per heavy atom. The van der Waals surface area contributed by atoms with Gasteiger partial charge in [-0.25, -0.2) is 0 Å². The summed E-state index contributed by atoms with van der Waals surface area (Å²) in [5.74, 6) is 0. The fourth-order valence-electron chi connectivity index (χ4n) is 5.59. The van der Waals surface area contributed by atoms with E-state index in [1.165, 1.54) is 32.8 Å². The molecule has 0 saturated carbocycles. The Balaban J connectivity index is 1.50. The Morgan fingerprint density at radius 3 is 2.31 bits per heavy atom. The topological polar surface area (TPSA) is 46.4 Å². The van der Waals surface area contributed by atoms with Gasteiger partial charge in [0.1, 0.15) is 0 Å². The summed E-state index contributed by atoms with van der Waals surface area (Å²) in [7, 11) is 0. The van der Waals surface area contributed by atoms with E-state index < -0.39 is 6.10 Å². The van der Waals surface area contributed by atoms with Gasteiger partial charge in [0.15, 0.2) is 0 Å². The number of hydrogen-bond acceptors (Lipinski definition) is 3. The number of rotatable bonds is 8. The van der Waals surface area contributed by atoms with Gasteiger partial charge in [0, 0.05) is 36.0 Å². The summed E-state index contributed by atoms with van der Waals surface area (Å²) >= 11 is 0. The van der Waals surface area contributed by atoms with Crippen LogP contribution in [0.4, 0.5) is 0 Å². The highest BCUT2D eigenvalue weighted by Gasteiger charge is 2.23. The van der Waals surface area contributed by atoms with Crippen LogP contribution in [0.25, 0.3) is 44.1 Å². The Bertz CT molecular complexity index is 1450. The number of ether oxygens (including phenoxy) is 1. The van der Waals surface area contributed by atoms with E-state index >= 15 is 0 Å². The van der Waals surface area contributed by atoms with Gasteiger partial charge in [-0.1, -0.05) is 97.1 Å². The van der Waals surface area contributed by atoms with Gasteiger partial charge in [-0.15, -0.1) is 0 Å². The Morgan fingerprint density at radius 2 is 1.56 bits per heavy atom. The molecule has 4 heteroatoms. The van der Waals surface area contributed by atoms with E-state index in [9.17, 15) is 5.11 Å². The Labute approximate surface area is 212 Å². The monoisotopic (exact) mass is 476 g/mol. The summed E-state index contributed by atoms with van der Waals surface area (Å²) in [4.78, 5) is 0. The van der Waals surface area contributed by atoms with Gasteiger partial charge >= 0.3 is 0 Å². The van der Waals surface area contributed by atoms with Crippen LogP contribution in [0.2, 0.25) is 0 Å². The molecular weight excluding hydrogens is 444 g/mol. The number of aliphatic hydroxyl groups is 1. The van der Waals surface area contributed by atoms with Crippen LogP contribution in [0.3, 0.4) is 0 Å². The second-order valence-electron chi connectivity index (χ2n) is 9.70. The van der Waals surface area contributed by atoms with E-state index in [1.54, 1.807) is 0 Å². The van der Waals surface area contributed by atoms with E-state index in [2.05, 4.69) is 107 Å². The van der Waals surface area contributed by atoms with Gasteiger partial charge in [-0.3, -0.25) is 0 Å². The Kier molecular flexibility index (Phi) is 6.56. The number of aromatic nitrogens is 1. The standard InChI is InChI=1S/C32H32N2O2/c35-26(20-33-21-27-15-9-19-36-27)22-34-31(25-13-5-2-6-14-25)30(24-11-3-1-4-12-24)29-18-17-23-10-7-8-16-28(23)32(29)34/h1-8,10-14,16-18,26-27,33,35H,9,15,19-22H2/t26-,27-/m0/s1. The quantitative estimate of drug-likeness (QED) is 0.278. The van der Waals surface area contributed by atoms with Gasteiger partial charge in [0.05, 0.1) is 30.0 Å². The maximum atomic E-state index is 11.2. The van der Waals surface area contributed by atoms with Gasteiger partial charge in [-0.2, -0.15) is 0 Å². The molecule has 182 valence electrons. The molecule has 36 heavy (non-hydrogen) atoms. The van der Waals surface area contributed by atoms with Gasteiger partial charge in [0.2, 0.25) is 0 Å². The van der Waals surface area contributed by atoms with Crippen LogP contribution >= 0.6 is 0 Å². The molecule has 2 heterocycles. The molecule has 5 aromatic rings. The minimum Gasteiger partial charge on any atom is -0.390 e. The van der Waals surface area contributed by atoms with Crippen LogP contribution in [0.15, 0.2) is 97.1 Å². The first kappa shape index (κ1) is 23.0. The second-order valence-corrected chi connectivity index (χ2v) is 9.70. The molecule has 1 fully saturated rings. The fourth-order valence-corrected chi connectivity index (χ4v) is 5.59. The van der Waals surface area contributed by atoms with Crippen LogP contribution in [-0.2, 0) is 11.3 Å². The van der Waals surface area contributed by atoms with E-state index in [0.29, 0.717) is 13.1 Å². The molecule has 2 N–H and O–H groups in total. The predicted octanol–water partition coefficient (Wildman–Crippen LogP) is 6.26. The second kappa shape index (κ2) is 10.3. The van der Waals surface area contributed by atoms with Crippen molar-refractivity contribution in [3.63, 3.8) is 0 Å². The molecule has 0 radical (unpaired) electrons. The molecule has 0 amide bonds. The van der Waals surface area contributed by atoms with Gasteiger partial charge in [-0.05, 0) is 29.4 Å². The summed E-state index contributed by atoms with van der Waals surface area (Å²) in [6.07, 6.45) is 1.95. The number of benzene rings is 4. The molecule has 1 aromatic heterocycles. The fraction of sp³-hybridized carbons (Fsp3) is 0.250. The summed E-state index contributed by atoms with van der Waals surface area (Å²) < 4.78 is 8.08. The zero-order chi connectivity index (χ0) is 24.3. The van der Waals surface area contributed by atoms with Crippen LogP contribution in [0.1, 0.15) is 12.8 Å². The maximum absolute atomic E-state index is 11.2. The van der Waals surface area contributed by atoms with Crippen molar-refractivity contribution in [2.24, 2.45) is 0 Å². The third-order valence-corrected chi connectivity index (χ3v) is 7.23. The summed E-state index contributed by atoms with van der Waals surface area (Å²) in [5, 5.41) is 18.3. The SMILES string of the molecule is O[C@@H](CNC[C@@H]1CCCO1)Cn1c(-c2ccccc2)c(-c2ccccc2)c2ccc3ccccc3c21. The highest BCUT2D eigenvalue weighted by molar-refractivity contribution is 6.15. The normalized spacial score (nSPS) is 16.6. The first-order valence-electron chi connectivity index (χ1n) is 12.9. The average molecular weight is 477 g/mol. The molecule has 1 aliphatic rings. The number of fused-ring (bicyclic) bond motifs is 3. The molecule has 4 nitrogen and oxygen atoms in total. The van der Waals surface area contributed by atoms with Crippen LogP contribution in [0.5, 0.6) is 0 Å². The van der Waals surface area contributed by atoms with E-state index in [0.717, 1.165) is 37.3 Å². The zero-order valence-corrected chi connectivity index (χ0v) is 20.4. The highest BCUT2D eigenvalue weighted by atomic mass is 16.5. The molecule has 1 aliphatic heterocycles. The molecule has 0 aliphatic carbocycles. The largest absolute Gasteiger partial charge is 0.390 e.